The molecule has 5 heteroatoms. The largest absolute Gasteiger partial charge is 0.432 e. The molecule has 1 aliphatic rings. The Morgan fingerprint density at radius 2 is 1.90 bits per heavy atom. The van der Waals surface area contributed by atoms with Crippen molar-refractivity contribution in [3.63, 3.8) is 0 Å². The Labute approximate surface area is 117 Å². The van der Waals surface area contributed by atoms with Crippen LogP contribution in [0, 0.1) is 0 Å². The van der Waals surface area contributed by atoms with Crippen LogP contribution in [-0.2, 0) is 7.05 Å². The third-order valence-electron chi connectivity index (χ3n) is 3.33. The Morgan fingerprint density at radius 3 is 2.55 bits per heavy atom. The van der Waals surface area contributed by atoms with E-state index in [4.69, 9.17) is 4.42 Å². The highest BCUT2D eigenvalue weighted by Crippen LogP contribution is 2.15. The van der Waals surface area contributed by atoms with Crippen LogP contribution in [0.2, 0.25) is 0 Å². The Morgan fingerprint density at radius 1 is 1.15 bits per heavy atom. The summed E-state index contributed by atoms with van der Waals surface area (Å²) in [4.78, 5) is 11.4. The monoisotopic (exact) mass is 270 g/mol. The van der Waals surface area contributed by atoms with Crippen LogP contribution < -0.4 is 5.68 Å². The standard InChI is InChI=1S/C15H18N4O/c1-18-11-12-20-15(18)17-14(19-9-5-6-10-19)16-13-7-3-2-4-8-13/h2-4,7-8,11-12H,5-6,9-10H2,1H3. The lowest BCUT2D eigenvalue weighted by atomic mass is 10.3. The molecule has 1 fully saturated rings. The summed E-state index contributed by atoms with van der Waals surface area (Å²) in [6, 6.07) is 9.90. The summed E-state index contributed by atoms with van der Waals surface area (Å²) in [6.07, 6.45) is 5.84. The molecule has 1 saturated heterocycles. The van der Waals surface area contributed by atoms with E-state index < -0.39 is 0 Å². The highest BCUT2D eigenvalue weighted by molar-refractivity contribution is 5.83. The Bertz CT molecular complexity index is 648. The van der Waals surface area contributed by atoms with Crippen molar-refractivity contribution in [2.24, 2.45) is 17.0 Å². The van der Waals surface area contributed by atoms with Gasteiger partial charge in [0.2, 0.25) is 5.96 Å². The fourth-order valence-electron chi connectivity index (χ4n) is 2.22. The van der Waals surface area contributed by atoms with Gasteiger partial charge in [0.1, 0.15) is 6.26 Å². The molecule has 0 atom stereocenters. The lowest BCUT2D eigenvalue weighted by Crippen LogP contribution is -2.29. The molecule has 1 aromatic heterocycles. The first-order valence-corrected chi connectivity index (χ1v) is 6.86. The van der Waals surface area contributed by atoms with Crippen LogP contribution in [0.1, 0.15) is 12.8 Å². The molecule has 3 rings (SSSR count). The summed E-state index contributed by atoms with van der Waals surface area (Å²) in [5.41, 5.74) is 1.47. The van der Waals surface area contributed by atoms with Crippen molar-refractivity contribution >= 4 is 11.6 Å². The minimum absolute atomic E-state index is 0.562. The number of hydrogen-bond acceptors (Lipinski definition) is 2. The van der Waals surface area contributed by atoms with Crippen molar-refractivity contribution in [1.29, 1.82) is 0 Å². The van der Waals surface area contributed by atoms with E-state index in [9.17, 15) is 0 Å². The Balaban J connectivity index is 2.00. The van der Waals surface area contributed by atoms with Gasteiger partial charge in [-0.1, -0.05) is 18.2 Å². The van der Waals surface area contributed by atoms with Gasteiger partial charge in [0, 0.05) is 26.3 Å². The van der Waals surface area contributed by atoms with E-state index in [2.05, 4.69) is 14.9 Å². The van der Waals surface area contributed by atoms with Gasteiger partial charge in [-0.15, -0.1) is 0 Å². The number of aromatic nitrogens is 1. The molecule has 0 amide bonds. The summed E-state index contributed by atoms with van der Waals surface area (Å²) in [5.74, 6) is 0.722. The van der Waals surface area contributed by atoms with Crippen LogP contribution in [0.25, 0.3) is 0 Å². The van der Waals surface area contributed by atoms with Gasteiger partial charge in [-0.3, -0.25) is 0 Å². The predicted octanol–water partition coefficient (Wildman–Crippen LogP) is 2.30. The molecule has 1 aromatic carbocycles. The zero-order chi connectivity index (χ0) is 13.8. The number of aliphatic imine (C=N–C) groups is 1. The topological polar surface area (TPSA) is 46.0 Å². The van der Waals surface area contributed by atoms with Gasteiger partial charge in [-0.05, 0) is 25.0 Å². The molecule has 2 aromatic rings. The van der Waals surface area contributed by atoms with E-state index >= 15 is 0 Å². The summed E-state index contributed by atoms with van der Waals surface area (Å²) in [5, 5.41) is 0. The van der Waals surface area contributed by atoms with Crippen molar-refractivity contribution in [2.75, 3.05) is 13.1 Å². The Kier molecular flexibility index (Phi) is 3.67. The first-order chi connectivity index (χ1) is 9.83. The number of oxazole rings is 1. The number of guanidine groups is 1. The van der Waals surface area contributed by atoms with E-state index in [0.717, 1.165) is 24.7 Å². The lowest BCUT2D eigenvalue weighted by Gasteiger charge is -2.15. The van der Waals surface area contributed by atoms with Crippen molar-refractivity contribution in [1.82, 2.24) is 9.47 Å². The third-order valence-corrected chi connectivity index (χ3v) is 3.33. The van der Waals surface area contributed by atoms with Crippen molar-refractivity contribution in [2.45, 2.75) is 12.8 Å². The van der Waals surface area contributed by atoms with E-state index in [1.54, 1.807) is 6.26 Å². The molecule has 1 aliphatic heterocycles. The van der Waals surface area contributed by atoms with Gasteiger partial charge in [0.15, 0.2) is 0 Å². The van der Waals surface area contributed by atoms with Crippen LogP contribution >= 0.6 is 0 Å². The average Bonchev–Trinajstić information content (AvgIpc) is 3.12. The Hall–Kier alpha value is -2.30. The summed E-state index contributed by atoms with van der Waals surface area (Å²) in [6.45, 7) is 2.00. The quantitative estimate of drug-likeness (QED) is 0.589. The molecule has 0 N–H and O–H groups in total. The highest BCUT2D eigenvalue weighted by atomic mass is 16.3. The van der Waals surface area contributed by atoms with Gasteiger partial charge < -0.3 is 13.9 Å². The predicted molar refractivity (Wildman–Crippen MR) is 77.6 cm³/mol. The number of aryl methyl sites for hydroxylation is 1. The van der Waals surface area contributed by atoms with Gasteiger partial charge in [0.25, 0.3) is 0 Å². The SMILES string of the molecule is Cn1ccoc1=NC(=Nc1ccccc1)N1CCCC1. The molecule has 0 aliphatic carbocycles. The molecule has 0 unspecified atom stereocenters. The molecule has 0 radical (unpaired) electrons. The van der Waals surface area contributed by atoms with Crippen LogP contribution in [0.5, 0.6) is 0 Å². The molecular weight excluding hydrogens is 252 g/mol. The summed E-state index contributed by atoms with van der Waals surface area (Å²) in [7, 11) is 1.91. The second kappa shape index (κ2) is 5.77. The first kappa shape index (κ1) is 12.7. The van der Waals surface area contributed by atoms with Crippen molar-refractivity contribution < 1.29 is 4.42 Å². The third kappa shape index (κ3) is 2.82. The van der Waals surface area contributed by atoms with Gasteiger partial charge in [-0.2, -0.15) is 4.99 Å². The van der Waals surface area contributed by atoms with Gasteiger partial charge in [0.05, 0.1) is 5.69 Å². The van der Waals surface area contributed by atoms with Crippen LogP contribution in [0.3, 0.4) is 0 Å². The number of hydrogen-bond donors (Lipinski definition) is 0. The molecule has 20 heavy (non-hydrogen) atoms. The maximum atomic E-state index is 5.38. The summed E-state index contributed by atoms with van der Waals surface area (Å²) < 4.78 is 7.22. The van der Waals surface area contributed by atoms with Gasteiger partial charge >= 0.3 is 5.68 Å². The molecule has 0 spiro atoms. The number of rotatable bonds is 1. The first-order valence-electron chi connectivity index (χ1n) is 6.86. The van der Waals surface area contributed by atoms with Crippen LogP contribution in [-0.4, -0.2) is 28.5 Å². The van der Waals surface area contributed by atoms with E-state index in [1.807, 2.05) is 48.1 Å². The second-order valence-electron chi connectivity index (χ2n) is 4.85. The van der Waals surface area contributed by atoms with Crippen molar-refractivity contribution in [3.05, 3.63) is 48.5 Å². The number of nitrogens with zero attached hydrogens (tertiary/aromatic N) is 4. The lowest BCUT2D eigenvalue weighted by molar-refractivity contribution is 0.464. The van der Waals surface area contributed by atoms with Crippen LogP contribution in [0.15, 0.2) is 57.2 Å². The molecule has 0 bridgehead atoms. The van der Waals surface area contributed by atoms with Crippen molar-refractivity contribution in [3.8, 4) is 0 Å². The minimum atomic E-state index is 0.562. The maximum Gasteiger partial charge on any atom is 0.304 e. The number of likely N-dealkylation sites (tertiary alicyclic amines) is 1. The van der Waals surface area contributed by atoms with Gasteiger partial charge in [-0.25, -0.2) is 4.99 Å². The normalized spacial score (nSPS) is 16.9. The highest BCUT2D eigenvalue weighted by Gasteiger charge is 2.16. The number of benzene rings is 1. The minimum Gasteiger partial charge on any atom is -0.432 e. The maximum absolute atomic E-state index is 5.38. The zero-order valence-electron chi connectivity index (χ0n) is 11.6. The fourth-order valence-corrected chi connectivity index (χ4v) is 2.22. The molecule has 5 nitrogen and oxygen atoms in total. The fraction of sp³-hybridized carbons (Fsp3) is 0.333. The van der Waals surface area contributed by atoms with E-state index in [0.29, 0.717) is 5.68 Å². The summed E-state index contributed by atoms with van der Waals surface area (Å²) >= 11 is 0. The molecule has 0 saturated carbocycles. The smallest absolute Gasteiger partial charge is 0.304 e. The molecule has 104 valence electrons. The molecular formula is C15H18N4O. The molecule has 2 heterocycles. The second-order valence-corrected chi connectivity index (χ2v) is 4.85. The van der Waals surface area contributed by atoms with E-state index in [-0.39, 0.29) is 0 Å². The zero-order valence-corrected chi connectivity index (χ0v) is 11.6. The average molecular weight is 270 g/mol. The van der Waals surface area contributed by atoms with Crippen LogP contribution in [0.4, 0.5) is 5.69 Å². The van der Waals surface area contributed by atoms with E-state index in [1.165, 1.54) is 12.8 Å². The number of para-hydroxylation sites is 1.